The average Bonchev–Trinajstić information content (AvgIpc) is 3.26. The van der Waals surface area contributed by atoms with Crippen molar-refractivity contribution in [2.24, 2.45) is 5.92 Å². The van der Waals surface area contributed by atoms with Crippen LogP contribution in [0.1, 0.15) is 59.2 Å². The number of carbonyl (C=O) groups is 1. The normalized spacial score (nSPS) is 15.5. The number of pyridine rings is 1. The number of fused-ring (bicyclic) bond motifs is 2. The Kier molecular flexibility index (Phi) is 5.75. The molecule has 1 aliphatic carbocycles. The fourth-order valence-electron chi connectivity index (χ4n) is 4.97. The van der Waals surface area contributed by atoms with Crippen LogP contribution in [0.3, 0.4) is 0 Å². The molecule has 1 fully saturated rings. The summed E-state index contributed by atoms with van der Waals surface area (Å²) in [6.07, 6.45) is 9.42. The van der Waals surface area contributed by atoms with Gasteiger partial charge in [0.05, 0.1) is 16.9 Å². The molecular weight excluding hydrogens is 417 g/mol. The van der Waals surface area contributed by atoms with Crippen LogP contribution in [0.5, 0.6) is 5.75 Å². The summed E-state index contributed by atoms with van der Waals surface area (Å²) < 4.78 is 14.5. The van der Waals surface area contributed by atoms with E-state index in [1.54, 1.807) is 19.2 Å². The molecule has 2 heterocycles. The third-order valence-corrected chi connectivity index (χ3v) is 6.87. The minimum atomic E-state index is -0.500. The van der Waals surface area contributed by atoms with Crippen LogP contribution < -0.4 is 10.6 Å². The number of nitrogens with one attached hydrogen (secondary N) is 2. The van der Waals surface area contributed by atoms with Crippen molar-refractivity contribution in [2.75, 3.05) is 10.6 Å². The highest BCUT2D eigenvalue weighted by Gasteiger charge is 2.25. The molecule has 6 heteroatoms. The van der Waals surface area contributed by atoms with E-state index in [1.807, 2.05) is 6.07 Å². The van der Waals surface area contributed by atoms with E-state index in [0.717, 1.165) is 23.6 Å². The number of rotatable bonds is 5. The molecule has 0 atom stereocenters. The van der Waals surface area contributed by atoms with Gasteiger partial charge in [-0.05, 0) is 60.6 Å². The highest BCUT2D eigenvalue weighted by atomic mass is 19.1. The molecule has 3 aromatic rings. The minimum absolute atomic E-state index is 0.0129. The Morgan fingerprint density at radius 2 is 1.97 bits per heavy atom. The SMILES string of the molecule is Cc1cc(F)c(Nc2ccnc3c2C(=O)Cc2cc(CCC4CCCC4)ccc2N3)cc1O. The fourth-order valence-corrected chi connectivity index (χ4v) is 4.97. The van der Waals surface area contributed by atoms with Gasteiger partial charge in [-0.15, -0.1) is 0 Å². The summed E-state index contributed by atoms with van der Waals surface area (Å²) in [5.74, 6) is 0.670. The van der Waals surface area contributed by atoms with Crippen molar-refractivity contribution in [1.82, 2.24) is 4.98 Å². The third kappa shape index (κ3) is 4.42. The van der Waals surface area contributed by atoms with Gasteiger partial charge in [0.2, 0.25) is 0 Å². The van der Waals surface area contributed by atoms with Gasteiger partial charge in [0.25, 0.3) is 0 Å². The molecule has 0 spiro atoms. The lowest BCUT2D eigenvalue weighted by atomic mass is 9.95. The zero-order valence-electron chi connectivity index (χ0n) is 18.7. The molecule has 0 unspecified atom stereocenters. The molecule has 0 bridgehead atoms. The van der Waals surface area contributed by atoms with Crippen molar-refractivity contribution >= 4 is 28.7 Å². The first-order chi connectivity index (χ1) is 16.0. The predicted molar refractivity (Wildman–Crippen MR) is 128 cm³/mol. The van der Waals surface area contributed by atoms with Gasteiger partial charge in [-0.3, -0.25) is 4.79 Å². The molecule has 33 heavy (non-hydrogen) atoms. The molecule has 1 saturated carbocycles. The van der Waals surface area contributed by atoms with Gasteiger partial charge in [0, 0.05) is 24.4 Å². The van der Waals surface area contributed by atoms with E-state index in [9.17, 15) is 14.3 Å². The monoisotopic (exact) mass is 445 g/mol. The molecule has 5 nitrogen and oxygen atoms in total. The second-order valence-corrected chi connectivity index (χ2v) is 9.23. The van der Waals surface area contributed by atoms with Crippen molar-refractivity contribution in [2.45, 2.75) is 51.9 Å². The number of hydrogen-bond donors (Lipinski definition) is 3. The van der Waals surface area contributed by atoms with E-state index in [1.165, 1.54) is 49.8 Å². The van der Waals surface area contributed by atoms with Crippen LogP contribution in [0.25, 0.3) is 0 Å². The number of ketones is 1. The standard InChI is InChI=1S/C27H28FN3O2/c1-16-12-20(28)23(15-24(16)32)30-22-10-11-29-27-26(22)25(33)14-19-13-18(8-9-21(19)31-27)7-6-17-4-2-3-5-17/h8-13,15,17,32H,2-7,14H2,1H3,(H2,29,30,31). The van der Waals surface area contributed by atoms with E-state index in [4.69, 9.17) is 0 Å². The first-order valence-electron chi connectivity index (χ1n) is 11.6. The Labute approximate surface area is 193 Å². The van der Waals surface area contributed by atoms with Gasteiger partial charge < -0.3 is 15.7 Å². The van der Waals surface area contributed by atoms with Crippen LogP contribution in [-0.2, 0) is 12.8 Å². The summed E-state index contributed by atoms with van der Waals surface area (Å²) in [5, 5.41) is 16.3. The van der Waals surface area contributed by atoms with Gasteiger partial charge in [-0.2, -0.15) is 0 Å². The maximum atomic E-state index is 14.5. The number of anilines is 4. The lowest BCUT2D eigenvalue weighted by Crippen LogP contribution is -2.08. The van der Waals surface area contributed by atoms with Crippen LogP contribution in [0, 0.1) is 18.7 Å². The summed E-state index contributed by atoms with van der Waals surface area (Å²) in [4.78, 5) is 17.7. The molecule has 0 saturated heterocycles. The van der Waals surface area contributed by atoms with Crippen molar-refractivity contribution in [3.05, 3.63) is 70.7 Å². The number of hydrogen-bond acceptors (Lipinski definition) is 5. The zero-order valence-corrected chi connectivity index (χ0v) is 18.7. The molecule has 5 rings (SSSR count). The van der Waals surface area contributed by atoms with E-state index in [0.29, 0.717) is 22.6 Å². The van der Waals surface area contributed by atoms with Crippen molar-refractivity contribution in [1.29, 1.82) is 0 Å². The van der Waals surface area contributed by atoms with Crippen LogP contribution in [0.15, 0.2) is 42.6 Å². The Morgan fingerprint density at radius 1 is 1.15 bits per heavy atom. The summed E-state index contributed by atoms with van der Waals surface area (Å²) in [5.41, 5.74) is 4.47. The number of phenols is 1. The number of phenolic OH excluding ortho intramolecular Hbond substituents is 1. The number of Topliss-reactive ketones (excluding diaryl/α,β-unsaturated/α-hetero) is 1. The second-order valence-electron chi connectivity index (χ2n) is 9.23. The van der Waals surface area contributed by atoms with Gasteiger partial charge in [-0.25, -0.2) is 9.37 Å². The molecule has 0 radical (unpaired) electrons. The van der Waals surface area contributed by atoms with Crippen LogP contribution in [0.2, 0.25) is 0 Å². The van der Waals surface area contributed by atoms with Crippen LogP contribution in [0.4, 0.5) is 27.3 Å². The molecule has 170 valence electrons. The summed E-state index contributed by atoms with van der Waals surface area (Å²) in [6, 6.07) is 10.5. The zero-order chi connectivity index (χ0) is 22.9. The first-order valence-corrected chi connectivity index (χ1v) is 11.6. The number of aromatic hydroxyl groups is 1. The van der Waals surface area contributed by atoms with Crippen molar-refractivity contribution < 1.29 is 14.3 Å². The molecule has 2 aromatic carbocycles. The van der Waals surface area contributed by atoms with Gasteiger partial charge in [-0.1, -0.05) is 37.8 Å². The highest BCUT2D eigenvalue weighted by molar-refractivity contribution is 6.09. The Bertz CT molecular complexity index is 1220. The number of nitrogens with zero attached hydrogens (tertiary/aromatic N) is 1. The van der Waals surface area contributed by atoms with Crippen molar-refractivity contribution in [3.8, 4) is 5.75 Å². The lowest BCUT2D eigenvalue weighted by molar-refractivity contribution is 0.0995. The minimum Gasteiger partial charge on any atom is -0.508 e. The molecule has 1 aliphatic heterocycles. The average molecular weight is 446 g/mol. The Morgan fingerprint density at radius 3 is 2.79 bits per heavy atom. The predicted octanol–water partition coefficient (Wildman–Crippen LogP) is 6.58. The third-order valence-electron chi connectivity index (χ3n) is 6.87. The van der Waals surface area contributed by atoms with E-state index >= 15 is 0 Å². The molecule has 3 N–H and O–H groups in total. The smallest absolute Gasteiger partial charge is 0.173 e. The van der Waals surface area contributed by atoms with E-state index in [-0.39, 0.29) is 23.6 Å². The summed E-state index contributed by atoms with van der Waals surface area (Å²) in [6.45, 7) is 1.63. The topological polar surface area (TPSA) is 74.2 Å². The van der Waals surface area contributed by atoms with Gasteiger partial charge >= 0.3 is 0 Å². The van der Waals surface area contributed by atoms with E-state index < -0.39 is 5.82 Å². The maximum Gasteiger partial charge on any atom is 0.173 e. The molecule has 0 amide bonds. The van der Waals surface area contributed by atoms with E-state index in [2.05, 4.69) is 27.8 Å². The number of aromatic nitrogens is 1. The summed E-state index contributed by atoms with van der Waals surface area (Å²) >= 11 is 0. The number of halogens is 1. The quantitative estimate of drug-likeness (QED) is 0.413. The molecular formula is C27H28FN3O2. The number of benzene rings is 2. The number of aryl methyl sites for hydroxylation is 2. The van der Waals surface area contributed by atoms with Crippen molar-refractivity contribution in [3.63, 3.8) is 0 Å². The first kappa shape index (κ1) is 21.4. The molecule has 2 aliphatic rings. The highest BCUT2D eigenvalue weighted by Crippen LogP contribution is 2.36. The largest absolute Gasteiger partial charge is 0.508 e. The maximum absolute atomic E-state index is 14.5. The Hall–Kier alpha value is -3.41. The second kappa shape index (κ2) is 8.85. The Balaban J connectivity index is 1.41. The fraction of sp³-hybridized carbons (Fsp3) is 0.333. The van der Waals surface area contributed by atoms with Crippen LogP contribution >= 0.6 is 0 Å². The molecule has 1 aromatic heterocycles. The number of carbonyl (C=O) groups excluding carboxylic acids is 1. The van der Waals surface area contributed by atoms with Crippen LogP contribution in [-0.4, -0.2) is 15.9 Å². The van der Waals surface area contributed by atoms with Gasteiger partial charge in [0.15, 0.2) is 5.78 Å². The van der Waals surface area contributed by atoms with Gasteiger partial charge in [0.1, 0.15) is 17.4 Å². The lowest BCUT2D eigenvalue weighted by Gasteiger charge is -2.15. The summed E-state index contributed by atoms with van der Waals surface area (Å²) in [7, 11) is 0.